The molecule has 0 aliphatic rings. The van der Waals surface area contributed by atoms with Crippen LogP contribution in [0.2, 0.25) is 0 Å². The lowest BCUT2D eigenvalue weighted by Gasteiger charge is -2.15. The Morgan fingerprint density at radius 3 is 1.20 bits per heavy atom. The van der Waals surface area contributed by atoms with Crippen molar-refractivity contribution in [2.75, 3.05) is 26.4 Å². The third-order valence-corrected chi connectivity index (χ3v) is 7.30. The number of aromatic hydroxyl groups is 2. The van der Waals surface area contributed by atoms with Crippen LogP contribution < -0.4 is 18.9 Å². The molecule has 0 radical (unpaired) electrons. The number of nitrogens with zero attached hydrogens (tertiary/aromatic N) is 3. The molecule has 4 rings (SSSR count). The van der Waals surface area contributed by atoms with Crippen LogP contribution in [0.25, 0.3) is 34.2 Å². The minimum atomic E-state index is -0.0277. The van der Waals surface area contributed by atoms with E-state index in [9.17, 15) is 10.2 Å². The van der Waals surface area contributed by atoms with Crippen LogP contribution in [-0.2, 0) is 0 Å². The summed E-state index contributed by atoms with van der Waals surface area (Å²) in [4.78, 5) is 14.3. The number of benzene rings is 3. The van der Waals surface area contributed by atoms with Crippen LogP contribution in [0.15, 0.2) is 54.6 Å². The van der Waals surface area contributed by atoms with Gasteiger partial charge in [-0.1, -0.05) is 53.4 Å². The molecule has 246 valence electrons. The third-order valence-electron chi connectivity index (χ3n) is 7.30. The summed E-state index contributed by atoms with van der Waals surface area (Å²) >= 11 is 0. The summed E-state index contributed by atoms with van der Waals surface area (Å²) in [6, 6.07) is 15.8. The van der Waals surface area contributed by atoms with E-state index in [1.165, 1.54) is 0 Å². The zero-order valence-electron chi connectivity index (χ0n) is 27.6. The molecule has 2 N–H and O–H groups in total. The van der Waals surface area contributed by atoms with Gasteiger partial charge in [0.2, 0.25) is 0 Å². The number of unbranched alkanes of at least 4 members (excludes halogenated alkanes) is 4. The monoisotopic (exact) mass is 629 g/mol. The highest BCUT2D eigenvalue weighted by atomic mass is 16.5. The van der Waals surface area contributed by atoms with Crippen molar-refractivity contribution in [2.45, 2.75) is 79.1 Å². The summed E-state index contributed by atoms with van der Waals surface area (Å²) in [6.07, 6.45) is 7.70. The van der Waals surface area contributed by atoms with Gasteiger partial charge in [0.25, 0.3) is 0 Å². The maximum atomic E-state index is 11.1. The minimum Gasteiger partial charge on any atom is -0.507 e. The molecule has 0 fully saturated rings. The summed E-state index contributed by atoms with van der Waals surface area (Å²) < 4.78 is 23.8. The Kier molecular flexibility index (Phi) is 13.3. The molecule has 0 saturated heterocycles. The lowest BCUT2D eigenvalue weighted by Crippen LogP contribution is -2.04. The first kappa shape index (κ1) is 34.3. The normalized spacial score (nSPS) is 11.0. The van der Waals surface area contributed by atoms with Crippen molar-refractivity contribution < 1.29 is 29.2 Å². The van der Waals surface area contributed by atoms with Crippen molar-refractivity contribution in [3.63, 3.8) is 0 Å². The SMILES string of the molecule is CCCCOc1ccc(-c2nc(-c3ccc(OCCCC)cc3O)nc(-c3ccc(OCCCC)cc3OCCCC)n2)c(O)c1. The first-order valence-corrected chi connectivity index (χ1v) is 16.6. The van der Waals surface area contributed by atoms with Gasteiger partial charge in [-0.3, -0.25) is 0 Å². The molecule has 9 heteroatoms. The molecule has 0 amide bonds. The highest BCUT2D eigenvalue weighted by Gasteiger charge is 2.20. The van der Waals surface area contributed by atoms with Crippen LogP contribution in [0.4, 0.5) is 0 Å². The summed E-state index contributed by atoms with van der Waals surface area (Å²) in [5.74, 6) is 3.16. The van der Waals surface area contributed by atoms with E-state index >= 15 is 0 Å². The van der Waals surface area contributed by atoms with E-state index in [1.54, 1.807) is 36.4 Å². The Bertz CT molecular complexity index is 1470. The molecular weight excluding hydrogens is 582 g/mol. The fraction of sp³-hybridized carbons (Fsp3) is 0.432. The topological polar surface area (TPSA) is 116 Å². The molecule has 0 aliphatic carbocycles. The van der Waals surface area contributed by atoms with Gasteiger partial charge in [-0.05, 0) is 62.1 Å². The Morgan fingerprint density at radius 2 is 0.804 bits per heavy atom. The van der Waals surface area contributed by atoms with Gasteiger partial charge in [-0.15, -0.1) is 0 Å². The zero-order valence-corrected chi connectivity index (χ0v) is 27.6. The molecule has 0 spiro atoms. The van der Waals surface area contributed by atoms with Gasteiger partial charge in [-0.2, -0.15) is 0 Å². The summed E-state index contributed by atoms with van der Waals surface area (Å²) in [5.41, 5.74) is 1.45. The van der Waals surface area contributed by atoms with E-state index in [1.807, 2.05) is 18.2 Å². The number of ether oxygens (including phenoxy) is 4. The van der Waals surface area contributed by atoms with E-state index < -0.39 is 0 Å². The van der Waals surface area contributed by atoms with Crippen molar-refractivity contribution in [1.29, 1.82) is 0 Å². The van der Waals surface area contributed by atoms with Gasteiger partial charge in [0.15, 0.2) is 17.5 Å². The predicted molar refractivity (Wildman–Crippen MR) is 181 cm³/mol. The molecule has 0 bridgehead atoms. The highest BCUT2D eigenvalue weighted by molar-refractivity contribution is 5.74. The van der Waals surface area contributed by atoms with Crippen molar-refractivity contribution in [3.8, 4) is 68.7 Å². The molecule has 46 heavy (non-hydrogen) atoms. The van der Waals surface area contributed by atoms with Crippen LogP contribution in [0.5, 0.6) is 34.5 Å². The Labute approximate surface area is 272 Å². The Balaban J connectivity index is 1.81. The molecule has 0 unspecified atom stereocenters. The lowest BCUT2D eigenvalue weighted by molar-refractivity contribution is 0.295. The quantitative estimate of drug-likeness (QED) is 0.0980. The number of hydrogen-bond donors (Lipinski definition) is 2. The van der Waals surface area contributed by atoms with E-state index in [4.69, 9.17) is 33.9 Å². The summed E-state index contributed by atoms with van der Waals surface area (Å²) in [6.45, 7) is 10.7. The smallest absolute Gasteiger partial charge is 0.167 e. The average Bonchev–Trinajstić information content (AvgIpc) is 3.05. The van der Waals surface area contributed by atoms with Gasteiger partial charge in [0.1, 0.15) is 34.5 Å². The molecule has 3 aromatic carbocycles. The van der Waals surface area contributed by atoms with Crippen LogP contribution in [0.1, 0.15) is 79.1 Å². The molecule has 4 aromatic rings. The first-order valence-electron chi connectivity index (χ1n) is 16.6. The van der Waals surface area contributed by atoms with Crippen molar-refractivity contribution in [3.05, 3.63) is 54.6 Å². The molecule has 0 aliphatic heterocycles. The number of hydrogen-bond acceptors (Lipinski definition) is 9. The molecule has 0 atom stereocenters. The first-order chi connectivity index (χ1) is 22.5. The second-order valence-electron chi connectivity index (χ2n) is 11.1. The maximum Gasteiger partial charge on any atom is 0.167 e. The summed E-state index contributed by atoms with van der Waals surface area (Å²) in [5, 5.41) is 22.1. The second-order valence-corrected chi connectivity index (χ2v) is 11.1. The van der Waals surface area contributed by atoms with E-state index in [0.29, 0.717) is 71.9 Å². The number of rotatable bonds is 19. The van der Waals surface area contributed by atoms with Crippen LogP contribution in [-0.4, -0.2) is 51.6 Å². The molecular formula is C37H47N3O6. The second kappa shape index (κ2) is 17.8. The van der Waals surface area contributed by atoms with Crippen molar-refractivity contribution in [1.82, 2.24) is 15.0 Å². The Hall–Kier alpha value is -4.53. The highest BCUT2D eigenvalue weighted by Crippen LogP contribution is 2.38. The molecule has 1 heterocycles. The Morgan fingerprint density at radius 1 is 0.457 bits per heavy atom. The van der Waals surface area contributed by atoms with E-state index in [2.05, 4.69) is 27.7 Å². The fourth-order valence-corrected chi connectivity index (χ4v) is 4.54. The van der Waals surface area contributed by atoms with Gasteiger partial charge >= 0.3 is 0 Å². The van der Waals surface area contributed by atoms with Crippen molar-refractivity contribution >= 4 is 0 Å². The molecule has 9 nitrogen and oxygen atoms in total. The van der Waals surface area contributed by atoms with Gasteiger partial charge in [0, 0.05) is 18.2 Å². The fourth-order valence-electron chi connectivity index (χ4n) is 4.54. The van der Waals surface area contributed by atoms with E-state index in [0.717, 1.165) is 51.4 Å². The third kappa shape index (κ3) is 9.49. The summed E-state index contributed by atoms with van der Waals surface area (Å²) in [7, 11) is 0. The minimum absolute atomic E-state index is 0.0277. The number of aromatic nitrogens is 3. The van der Waals surface area contributed by atoms with Crippen LogP contribution in [0.3, 0.4) is 0 Å². The lowest BCUT2D eigenvalue weighted by atomic mass is 10.1. The van der Waals surface area contributed by atoms with Gasteiger partial charge in [0.05, 0.1) is 43.1 Å². The predicted octanol–water partition coefficient (Wildman–Crippen LogP) is 9.00. The van der Waals surface area contributed by atoms with Crippen molar-refractivity contribution in [2.24, 2.45) is 0 Å². The molecule has 1 aromatic heterocycles. The maximum absolute atomic E-state index is 11.1. The zero-order chi connectivity index (χ0) is 32.7. The van der Waals surface area contributed by atoms with Crippen LogP contribution in [0, 0.1) is 0 Å². The number of phenolic OH excluding ortho intramolecular Hbond substituents is 2. The standard InChI is InChI=1S/C37H47N3O6/c1-5-9-19-43-26-13-16-29(32(41)23-26)35-38-36(30-17-14-27(24-33(30)42)44-20-10-6-2)40-37(39-35)31-18-15-28(45-21-11-7-3)25-34(31)46-22-12-8-4/h13-18,23-25,41-42H,5-12,19-22H2,1-4H3. The van der Waals surface area contributed by atoms with Gasteiger partial charge in [-0.25, -0.2) is 15.0 Å². The van der Waals surface area contributed by atoms with Gasteiger partial charge < -0.3 is 29.2 Å². The van der Waals surface area contributed by atoms with Crippen LogP contribution >= 0.6 is 0 Å². The average molecular weight is 630 g/mol. The van der Waals surface area contributed by atoms with E-state index in [-0.39, 0.29) is 23.1 Å². The largest absolute Gasteiger partial charge is 0.507 e. The molecule has 0 saturated carbocycles. The number of phenols is 2.